The molecule has 19 heavy (non-hydrogen) atoms. The van der Waals surface area contributed by atoms with Gasteiger partial charge in [0, 0.05) is 11.3 Å². The molecule has 104 valence electrons. The van der Waals surface area contributed by atoms with Gasteiger partial charge in [-0.1, -0.05) is 25.3 Å². The minimum Gasteiger partial charge on any atom is -0.444 e. The van der Waals surface area contributed by atoms with Crippen LogP contribution in [0.3, 0.4) is 0 Å². The topological polar surface area (TPSA) is 50.7 Å². The summed E-state index contributed by atoms with van der Waals surface area (Å²) in [6.45, 7) is 18.0. The van der Waals surface area contributed by atoms with E-state index >= 15 is 0 Å². The summed E-state index contributed by atoms with van der Waals surface area (Å²) in [5, 5.41) is 2.64. The van der Waals surface area contributed by atoms with E-state index in [1.165, 1.54) is 0 Å². The van der Waals surface area contributed by atoms with Gasteiger partial charge in [0.2, 0.25) is 0 Å². The van der Waals surface area contributed by atoms with Crippen molar-refractivity contribution in [2.75, 3.05) is 0 Å². The zero-order chi connectivity index (χ0) is 15.1. The minimum absolute atomic E-state index is 0.486. The Morgan fingerprint density at radius 3 is 2.32 bits per heavy atom. The molecule has 0 rings (SSSR count). The SMILES string of the molecule is C=C/C(=C/C(=C\C)NC(=O)OC(C)(C)C)C(=C)N=C. The molecule has 0 radical (unpaired) electrons. The standard InChI is InChI=1S/C15H22N2O2/c1-8-12(11(3)16-7)10-13(9-2)17-14(18)19-15(4,5)6/h8-10H,1,3,7H2,2,4-6H3,(H,17,18)/b12-10-,13-9+. The molecule has 0 saturated heterocycles. The quantitative estimate of drug-likeness (QED) is 0.606. The van der Waals surface area contributed by atoms with Gasteiger partial charge in [0.1, 0.15) is 5.60 Å². The van der Waals surface area contributed by atoms with Crippen molar-refractivity contribution in [1.82, 2.24) is 5.32 Å². The van der Waals surface area contributed by atoms with Crippen LogP contribution in [0.4, 0.5) is 4.79 Å². The number of nitrogens with one attached hydrogen (secondary N) is 1. The number of amides is 1. The van der Waals surface area contributed by atoms with Crippen molar-refractivity contribution in [3.05, 3.63) is 48.4 Å². The lowest BCUT2D eigenvalue weighted by Crippen LogP contribution is -2.31. The highest BCUT2D eigenvalue weighted by Crippen LogP contribution is 2.13. The summed E-state index contributed by atoms with van der Waals surface area (Å²) in [7, 11) is 0. The van der Waals surface area contributed by atoms with Crippen molar-refractivity contribution in [2.45, 2.75) is 33.3 Å². The highest BCUT2D eigenvalue weighted by atomic mass is 16.6. The van der Waals surface area contributed by atoms with Crippen LogP contribution in [0.5, 0.6) is 0 Å². The van der Waals surface area contributed by atoms with Gasteiger partial charge < -0.3 is 4.74 Å². The van der Waals surface area contributed by atoms with Crippen LogP contribution in [0.2, 0.25) is 0 Å². The van der Waals surface area contributed by atoms with E-state index in [9.17, 15) is 4.79 Å². The summed E-state index contributed by atoms with van der Waals surface area (Å²) in [5.41, 5.74) is 1.20. The van der Waals surface area contributed by atoms with Crippen LogP contribution in [0.15, 0.2) is 53.3 Å². The molecule has 0 aliphatic rings. The van der Waals surface area contributed by atoms with E-state index in [4.69, 9.17) is 4.74 Å². The molecule has 1 amide bonds. The van der Waals surface area contributed by atoms with Crippen LogP contribution in [0, 0.1) is 0 Å². The zero-order valence-electron chi connectivity index (χ0n) is 12.1. The van der Waals surface area contributed by atoms with Gasteiger partial charge in [0.15, 0.2) is 0 Å². The predicted molar refractivity (Wildman–Crippen MR) is 80.1 cm³/mol. The van der Waals surface area contributed by atoms with E-state index in [1.807, 2.05) is 0 Å². The van der Waals surface area contributed by atoms with Gasteiger partial charge in [-0.25, -0.2) is 4.79 Å². The first-order valence-electron chi connectivity index (χ1n) is 5.90. The molecule has 0 aliphatic carbocycles. The maximum atomic E-state index is 11.6. The number of hydrogen-bond acceptors (Lipinski definition) is 3. The fraction of sp³-hybridized carbons (Fsp3) is 0.333. The van der Waals surface area contributed by atoms with E-state index in [-0.39, 0.29) is 0 Å². The number of aliphatic imine (C=N–C) groups is 1. The van der Waals surface area contributed by atoms with Gasteiger partial charge in [-0.3, -0.25) is 10.3 Å². The summed E-state index contributed by atoms with van der Waals surface area (Å²) < 4.78 is 5.17. The Balaban J connectivity index is 4.92. The molecule has 0 aliphatic heterocycles. The smallest absolute Gasteiger partial charge is 0.412 e. The van der Waals surface area contributed by atoms with Crippen LogP contribution in [-0.2, 0) is 4.74 Å². The molecule has 0 atom stereocenters. The molecule has 0 bridgehead atoms. The molecule has 0 unspecified atom stereocenters. The Kier molecular flexibility index (Phi) is 6.55. The molecule has 0 aromatic heterocycles. The largest absolute Gasteiger partial charge is 0.444 e. The number of nitrogens with zero attached hydrogens (tertiary/aromatic N) is 1. The number of hydrogen-bond donors (Lipinski definition) is 1. The van der Waals surface area contributed by atoms with Gasteiger partial charge in [-0.2, -0.15) is 0 Å². The average molecular weight is 262 g/mol. The number of ether oxygens (including phenoxy) is 1. The third-order valence-electron chi connectivity index (χ3n) is 2.01. The molecule has 4 nitrogen and oxygen atoms in total. The number of alkyl carbamates (subject to hydrolysis) is 1. The Hall–Kier alpha value is -2.10. The average Bonchev–Trinajstić information content (AvgIpc) is 2.31. The number of carbonyl (C=O) groups excluding carboxylic acids is 1. The summed E-state index contributed by atoms with van der Waals surface area (Å²) >= 11 is 0. The van der Waals surface area contributed by atoms with Crippen molar-refractivity contribution in [3.63, 3.8) is 0 Å². The normalized spacial score (nSPS) is 12.6. The van der Waals surface area contributed by atoms with Crippen molar-refractivity contribution < 1.29 is 9.53 Å². The third-order valence-corrected chi connectivity index (χ3v) is 2.01. The van der Waals surface area contributed by atoms with Gasteiger partial charge >= 0.3 is 6.09 Å². The monoisotopic (exact) mass is 262 g/mol. The Labute approximate surface area is 115 Å². The van der Waals surface area contributed by atoms with Crippen molar-refractivity contribution >= 4 is 12.8 Å². The van der Waals surface area contributed by atoms with Crippen LogP contribution in [-0.4, -0.2) is 18.4 Å². The number of carbonyl (C=O) groups is 1. The molecule has 0 aromatic carbocycles. The molecule has 0 spiro atoms. The highest BCUT2D eigenvalue weighted by Gasteiger charge is 2.16. The summed E-state index contributed by atoms with van der Waals surface area (Å²) in [6, 6.07) is 0. The molecule has 0 fully saturated rings. The summed E-state index contributed by atoms with van der Waals surface area (Å²) in [6.07, 6.45) is 4.52. The van der Waals surface area contributed by atoms with Crippen molar-refractivity contribution in [3.8, 4) is 0 Å². The third kappa shape index (κ3) is 7.03. The van der Waals surface area contributed by atoms with Gasteiger partial charge in [-0.05, 0) is 40.5 Å². The fourth-order valence-corrected chi connectivity index (χ4v) is 1.13. The van der Waals surface area contributed by atoms with E-state index in [0.29, 0.717) is 17.0 Å². The van der Waals surface area contributed by atoms with Crippen LogP contribution < -0.4 is 5.32 Å². The maximum absolute atomic E-state index is 11.6. The minimum atomic E-state index is -0.541. The van der Waals surface area contributed by atoms with Crippen molar-refractivity contribution in [1.29, 1.82) is 0 Å². The van der Waals surface area contributed by atoms with E-state index in [2.05, 4.69) is 30.2 Å². The summed E-state index contributed by atoms with van der Waals surface area (Å²) in [5.74, 6) is 0. The molecule has 0 heterocycles. The first-order valence-corrected chi connectivity index (χ1v) is 5.90. The Bertz CT molecular complexity index is 438. The van der Waals surface area contributed by atoms with Crippen LogP contribution >= 0.6 is 0 Å². The molecular formula is C15H22N2O2. The lowest BCUT2D eigenvalue weighted by molar-refractivity contribution is 0.0548. The first-order chi connectivity index (χ1) is 8.73. The highest BCUT2D eigenvalue weighted by molar-refractivity contribution is 5.71. The van der Waals surface area contributed by atoms with Crippen LogP contribution in [0.25, 0.3) is 0 Å². The summed E-state index contributed by atoms with van der Waals surface area (Å²) in [4.78, 5) is 15.4. The molecule has 4 heteroatoms. The van der Waals surface area contributed by atoms with Gasteiger partial charge in [0.25, 0.3) is 0 Å². The van der Waals surface area contributed by atoms with Crippen molar-refractivity contribution in [2.24, 2.45) is 4.99 Å². The predicted octanol–water partition coefficient (Wildman–Crippen LogP) is 3.74. The van der Waals surface area contributed by atoms with Gasteiger partial charge in [0.05, 0.1) is 5.70 Å². The molecule has 0 saturated carbocycles. The van der Waals surface area contributed by atoms with Gasteiger partial charge in [-0.15, -0.1) is 0 Å². The fourth-order valence-electron chi connectivity index (χ4n) is 1.13. The van der Waals surface area contributed by atoms with E-state index in [0.717, 1.165) is 0 Å². The maximum Gasteiger partial charge on any atom is 0.412 e. The molecule has 0 aromatic rings. The molecular weight excluding hydrogens is 240 g/mol. The second-order valence-electron chi connectivity index (χ2n) is 4.78. The van der Waals surface area contributed by atoms with E-state index in [1.54, 1.807) is 45.9 Å². The zero-order valence-corrected chi connectivity index (χ0v) is 12.1. The lowest BCUT2D eigenvalue weighted by atomic mass is 10.1. The van der Waals surface area contributed by atoms with Crippen LogP contribution in [0.1, 0.15) is 27.7 Å². The lowest BCUT2D eigenvalue weighted by Gasteiger charge is -2.20. The first kappa shape index (κ1) is 16.9. The van der Waals surface area contributed by atoms with E-state index < -0.39 is 11.7 Å². The Morgan fingerprint density at radius 1 is 1.37 bits per heavy atom. The number of rotatable bonds is 5. The molecule has 1 N–H and O–H groups in total. The Morgan fingerprint density at radius 2 is 1.95 bits per heavy atom. The second kappa shape index (κ2) is 7.36. The second-order valence-corrected chi connectivity index (χ2v) is 4.78. The number of allylic oxidation sites excluding steroid dienone is 3.